The predicted octanol–water partition coefficient (Wildman–Crippen LogP) is 6.74. The summed E-state index contributed by atoms with van der Waals surface area (Å²) in [6.45, 7) is 1.88. The third-order valence-electron chi connectivity index (χ3n) is 4.38. The first-order valence-corrected chi connectivity index (χ1v) is 8.88. The second-order valence-corrected chi connectivity index (χ2v) is 6.95. The summed E-state index contributed by atoms with van der Waals surface area (Å²) in [5, 5.41) is 2.05. The van der Waals surface area contributed by atoms with E-state index in [4.69, 9.17) is 27.6 Å². The summed E-state index contributed by atoms with van der Waals surface area (Å²) in [4.78, 5) is 12.9. The molecular weight excluding hydrogens is 367 g/mol. The maximum absolute atomic E-state index is 12.9. The fraction of sp³-hybridized carbons (Fsp3) is 0.0455. The van der Waals surface area contributed by atoms with Gasteiger partial charge < -0.3 is 4.42 Å². The molecule has 0 aliphatic rings. The van der Waals surface area contributed by atoms with Crippen LogP contribution in [0.5, 0.6) is 0 Å². The largest absolute Gasteiger partial charge is 0.422 e. The van der Waals surface area contributed by atoms with E-state index in [0.29, 0.717) is 21.2 Å². The minimum Gasteiger partial charge on any atom is -0.422 e. The van der Waals surface area contributed by atoms with E-state index in [1.54, 1.807) is 6.07 Å². The highest BCUT2D eigenvalue weighted by molar-refractivity contribution is 6.32. The first-order valence-electron chi connectivity index (χ1n) is 8.13. The molecule has 4 rings (SSSR count). The van der Waals surface area contributed by atoms with Gasteiger partial charge in [0.2, 0.25) is 0 Å². The van der Waals surface area contributed by atoms with Gasteiger partial charge in [0.15, 0.2) is 0 Å². The van der Waals surface area contributed by atoms with Crippen molar-refractivity contribution in [3.8, 4) is 22.3 Å². The predicted molar refractivity (Wildman–Crippen MR) is 108 cm³/mol. The molecule has 3 aromatic carbocycles. The van der Waals surface area contributed by atoms with Crippen molar-refractivity contribution in [1.82, 2.24) is 0 Å². The molecule has 0 unspecified atom stereocenters. The Morgan fingerprint density at radius 2 is 1.46 bits per heavy atom. The molecule has 1 aromatic heterocycles. The maximum Gasteiger partial charge on any atom is 0.344 e. The van der Waals surface area contributed by atoms with Gasteiger partial charge in [-0.3, -0.25) is 0 Å². The zero-order chi connectivity index (χ0) is 18.3. The Hall–Kier alpha value is -2.55. The molecule has 0 fully saturated rings. The van der Waals surface area contributed by atoms with E-state index >= 15 is 0 Å². The number of benzene rings is 3. The molecule has 4 heteroatoms. The molecule has 0 spiro atoms. The van der Waals surface area contributed by atoms with Gasteiger partial charge in [-0.15, -0.1) is 0 Å². The lowest BCUT2D eigenvalue weighted by Crippen LogP contribution is -2.06. The fourth-order valence-corrected chi connectivity index (χ4v) is 3.40. The highest BCUT2D eigenvalue weighted by atomic mass is 35.5. The van der Waals surface area contributed by atoms with Crippen LogP contribution in [0.2, 0.25) is 10.0 Å². The van der Waals surface area contributed by atoms with E-state index in [1.807, 2.05) is 67.6 Å². The Morgan fingerprint density at radius 3 is 2.15 bits per heavy atom. The van der Waals surface area contributed by atoms with Crippen LogP contribution in [-0.2, 0) is 0 Å². The SMILES string of the molecule is Cc1cc2oc(=O)c(-c3ccccc3)c(-c3ccc(Cl)cc3)c2cc1Cl. The molecule has 0 radical (unpaired) electrons. The minimum atomic E-state index is -0.379. The average Bonchev–Trinajstić information content (AvgIpc) is 2.64. The summed E-state index contributed by atoms with van der Waals surface area (Å²) >= 11 is 12.4. The van der Waals surface area contributed by atoms with Crippen LogP contribution in [0.25, 0.3) is 33.2 Å². The molecule has 0 aliphatic carbocycles. The van der Waals surface area contributed by atoms with E-state index in [1.165, 1.54) is 0 Å². The number of halogens is 2. The molecule has 0 N–H and O–H groups in total. The van der Waals surface area contributed by atoms with Gasteiger partial charge in [0, 0.05) is 21.0 Å². The number of aryl methyl sites for hydroxylation is 1. The van der Waals surface area contributed by atoms with Crippen molar-refractivity contribution >= 4 is 34.2 Å². The quantitative estimate of drug-likeness (QED) is 0.360. The van der Waals surface area contributed by atoms with E-state index in [0.717, 1.165) is 27.6 Å². The van der Waals surface area contributed by atoms with Crippen LogP contribution in [0.15, 0.2) is 75.9 Å². The van der Waals surface area contributed by atoms with Gasteiger partial charge in [-0.2, -0.15) is 0 Å². The van der Waals surface area contributed by atoms with Crippen LogP contribution in [0, 0.1) is 6.92 Å². The summed E-state index contributed by atoms with van der Waals surface area (Å²) in [6, 6.07) is 20.6. The Kier molecular flexibility index (Phi) is 4.31. The topological polar surface area (TPSA) is 30.2 Å². The smallest absolute Gasteiger partial charge is 0.344 e. The maximum atomic E-state index is 12.9. The lowest BCUT2D eigenvalue weighted by Gasteiger charge is -2.13. The molecule has 0 amide bonds. The van der Waals surface area contributed by atoms with Gasteiger partial charge in [0.05, 0.1) is 5.56 Å². The molecule has 4 aromatic rings. The van der Waals surface area contributed by atoms with E-state index < -0.39 is 0 Å². The van der Waals surface area contributed by atoms with Crippen molar-refractivity contribution in [2.24, 2.45) is 0 Å². The molecule has 1 heterocycles. The summed E-state index contributed by atoms with van der Waals surface area (Å²) in [6.07, 6.45) is 0. The number of rotatable bonds is 2. The zero-order valence-electron chi connectivity index (χ0n) is 13.9. The summed E-state index contributed by atoms with van der Waals surface area (Å²) in [5.41, 5.74) is 3.98. The third-order valence-corrected chi connectivity index (χ3v) is 5.04. The summed E-state index contributed by atoms with van der Waals surface area (Å²) in [5.74, 6) is 0. The Morgan fingerprint density at radius 1 is 0.808 bits per heavy atom. The molecule has 2 nitrogen and oxygen atoms in total. The molecular formula is C22H14Cl2O2. The van der Waals surface area contributed by atoms with Gasteiger partial charge in [-0.1, -0.05) is 65.7 Å². The van der Waals surface area contributed by atoms with Gasteiger partial charge in [-0.25, -0.2) is 4.79 Å². The van der Waals surface area contributed by atoms with Crippen LogP contribution in [-0.4, -0.2) is 0 Å². The van der Waals surface area contributed by atoms with Crippen LogP contribution in [0.4, 0.5) is 0 Å². The molecule has 0 aliphatic heterocycles. The molecule has 128 valence electrons. The van der Waals surface area contributed by atoms with Gasteiger partial charge in [0.25, 0.3) is 0 Å². The highest BCUT2D eigenvalue weighted by Crippen LogP contribution is 2.38. The van der Waals surface area contributed by atoms with Crippen LogP contribution < -0.4 is 5.63 Å². The van der Waals surface area contributed by atoms with Crippen molar-refractivity contribution in [1.29, 1.82) is 0 Å². The highest BCUT2D eigenvalue weighted by Gasteiger charge is 2.19. The van der Waals surface area contributed by atoms with Gasteiger partial charge in [-0.05, 0) is 47.9 Å². The van der Waals surface area contributed by atoms with Crippen LogP contribution >= 0.6 is 23.2 Å². The van der Waals surface area contributed by atoms with Crippen molar-refractivity contribution < 1.29 is 4.42 Å². The Balaban J connectivity index is 2.18. The number of hydrogen-bond acceptors (Lipinski definition) is 2. The normalized spacial score (nSPS) is 11.0. The van der Waals surface area contributed by atoms with Crippen LogP contribution in [0.1, 0.15) is 5.56 Å². The van der Waals surface area contributed by atoms with Gasteiger partial charge >= 0.3 is 5.63 Å². The van der Waals surface area contributed by atoms with E-state index in [2.05, 4.69) is 0 Å². The number of fused-ring (bicyclic) bond motifs is 1. The lowest BCUT2D eigenvalue weighted by molar-refractivity contribution is 0.563. The first kappa shape index (κ1) is 16.9. The molecule has 0 saturated heterocycles. The van der Waals surface area contributed by atoms with Crippen molar-refractivity contribution in [3.63, 3.8) is 0 Å². The van der Waals surface area contributed by atoms with E-state index in [-0.39, 0.29) is 5.63 Å². The first-order chi connectivity index (χ1) is 12.5. The van der Waals surface area contributed by atoms with E-state index in [9.17, 15) is 4.79 Å². The van der Waals surface area contributed by atoms with Crippen molar-refractivity contribution in [2.45, 2.75) is 6.92 Å². The molecule has 0 bridgehead atoms. The Labute approximate surface area is 160 Å². The average molecular weight is 381 g/mol. The monoisotopic (exact) mass is 380 g/mol. The van der Waals surface area contributed by atoms with Crippen LogP contribution in [0.3, 0.4) is 0 Å². The lowest BCUT2D eigenvalue weighted by atomic mass is 9.93. The minimum absolute atomic E-state index is 0.379. The van der Waals surface area contributed by atoms with Crippen molar-refractivity contribution in [2.75, 3.05) is 0 Å². The summed E-state index contributed by atoms with van der Waals surface area (Å²) in [7, 11) is 0. The fourth-order valence-electron chi connectivity index (χ4n) is 3.11. The standard InChI is InChI=1S/C22H14Cl2O2/c1-13-11-19-17(12-18(13)24)20(15-7-9-16(23)10-8-15)21(22(25)26-19)14-5-3-2-4-6-14/h2-12H,1H3. The van der Waals surface area contributed by atoms with Gasteiger partial charge in [0.1, 0.15) is 5.58 Å². The second kappa shape index (κ2) is 6.64. The second-order valence-electron chi connectivity index (χ2n) is 6.11. The Bertz CT molecular complexity index is 1160. The van der Waals surface area contributed by atoms with Crippen molar-refractivity contribution in [3.05, 3.63) is 92.8 Å². The summed E-state index contributed by atoms with van der Waals surface area (Å²) < 4.78 is 5.63. The zero-order valence-corrected chi connectivity index (χ0v) is 15.4. The third kappa shape index (κ3) is 2.92. The molecule has 0 atom stereocenters. The molecule has 0 saturated carbocycles. The number of hydrogen-bond donors (Lipinski definition) is 0. The molecule has 26 heavy (non-hydrogen) atoms.